The maximum Gasteiger partial charge on any atom is 0.316 e. The minimum Gasteiger partial charge on any atom is -0.457 e. The number of carbonyl (C=O) groups is 2. The molecule has 0 radical (unpaired) electrons. The molecule has 0 aliphatic carbocycles. The summed E-state index contributed by atoms with van der Waals surface area (Å²) < 4.78 is 33.2. The maximum absolute atomic E-state index is 13.4. The number of hydrogen-bond acceptors (Lipinski definition) is 6. The number of benzene rings is 3. The van der Waals surface area contributed by atoms with Crippen LogP contribution in [0.3, 0.4) is 0 Å². The van der Waals surface area contributed by atoms with Gasteiger partial charge in [-0.3, -0.25) is 14.2 Å². The van der Waals surface area contributed by atoms with E-state index in [4.69, 9.17) is 4.74 Å². The zero-order valence-corrected chi connectivity index (χ0v) is 18.0. The van der Waals surface area contributed by atoms with E-state index in [9.17, 15) is 18.4 Å². The second-order valence-corrected chi connectivity index (χ2v) is 7.81. The Morgan fingerprint density at radius 2 is 1.48 bits per heavy atom. The van der Waals surface area contributed by atoms with Crippen molar-refractivity contribution in [3.8, 4) is 17.1 Å². The van der Waals surface area contributed by atoms with Crippen LogP contribution in [-0.2, 0) is 9.53 Å². The molecule has 166 valence electrons. The van der Waals surface area contributed by atoms with Gasteiger partial charge in [0.25, 0.3) is 0 Å². The summed E-state index contributed by atoms with van der Waals surface area (Å²) in [5.41, 5.74) is 1.68. The molecule has 0 spiro atoms. The zero-order valence-electron chi connectivity index (χ0n) is 17.2. The Morgan fingerprint density at radius 1 is 0.848 bits per heavy atom. The van der Waals surface area contributed by atoms with Crippen LogP contribution in [-0.4, -0.2) is 38.9 Å². The SMILES string of the molecule is O=C(CSc1nnc(-c2ccc(F)cc2)n1-c1ccccc1)OCC(=O)c1ccc(F)cc1. The van der Waals surface area contributed by atoms with Crippen molar-refractivity contribution in [2.45, 2.75) is 5.16 Å². The number of hydrogen-bond donors (Lipinski definition) is 0. The molecule has 0 aliphatic rings. The molecule has 1 aromatic heterocycles. The van der Waals surface area contributed by atoms with Crippen LogP contribution in [0.1, 0.15) is 10.4 Å². The highest BCUT2D eigenvalue weighted by Crippen LogP contribution is 2.28. The highest BCUT2D eigenvalue weighted by atomic mass is 32.2. The summed E-state index contributed by atoms with van der Waals surface area (Å²) in [4.78, 5) is 24.3. The lowest BCUT2D eigenvalue weighted by Crippen LogP contribution is -2.15. The molecule has 0 unspecified atom stereocenters. The predicted molar refractivity (Wildman–Crippen MR) is 119 cm³/mol. The standard InChI is InChI=1S/C24H17F2N3O3S/c25-18-10-6-16(7-11-18)21(30)14-32-22(31)15-33-24-28-27-23(17-8-12-19(26)13-9-17)29(24)20-4-2-1-3-5-20/h1-13H,14-15H2. The van der Waals surface area contributed by atoms with Crippen molar-refractivity contribution in [3.63, 3.8) is 0 Å². The summed E-state index contributed by atoms with van der Waals surface area (Å²) in [7, 11) is 0. The van der Waals surface area contributed by atoms with Crippen LogP contribution in [0.15, 0.2) is 84.0 Å². The number of rotatable bonds is 8. The maximum atomic E-state index is 13.4. The van der Waals surface area contributed by atoms with Crippen LogP contribution < -0.4 is 0 Å². The van der Waals surface area contributed by atoms with Crippen molar-refractivity contribution in [1.29, 1.82) is 0 Å². The van der Waals surface area contributed by atoms with Gasteiger partial charge in [0, 0.05) is 16.8 Å². The summed E-state index contributed by atoms with van der Waals surface area (Å²) in [6.07, 6.45) is 0. The van der Waals surface area contributed by atoms with E-state index in [-0.39, 0.29) is 17.1 Å². The van der Waals surface area contributed by atoms with Gasteiger partial charge in [-0.25, -0.2) is 8.78 Å². The Labute approximate surface area is 192 Å². The topological polar surface area (TPSA) is 74.1 Å². The van der Waals surface area contributed by atoms with Crippen LogP contribution in [0.4, 0.5) is 8.78 Å². The molecule has 0 aliphatic heterocycles. The van der Waals surface area contributed by atoms with Crippen molar-refractivity contribution < 1.29 is 23.1 Å². The van der Waals surface area contributed by atoms with Crippen LogP contribution in [0.25, 0.3) is 17.1 Å². The van der Waals surface area contributed by atoms with Crippen LogP contribution in [0.2, 0.25) is 0 Å². The van der Waals surface area contributed by atoms with Crippen molar-refractivity contribution in [2.24, 2.45) is 0 Å². The van der Waals surface area contributed by atoms with Gasteiger partial charge < -0.3 is 4.74 Å². The molecule has 0 atom stereocenters. The van der Waals surface area contributed by atoms with Crippen molar-refractivity contribution in [3.05, 3.63) is 96.1 Å². The number of esters is 1. The number of Topliss-reactive ketones (excluding diaryl/α,β-unsaturated/α-hetero) is 1. The largest absolute Gasteiger partial charge is 0.457 e. The molecule has 0 saturated carbocycles. The van der Waals surface area contributed by atoms with Gasteiger partial charge in [0.15, 0.2) is 23.4 Å². The molecular weight excluding hydrogens is 448 g/mol. The molecule has 4 aromatic rings. The van der Waals surface area contributed by atoms with E-state index in [0.717, 1.165) is 17.4 Å². The second kappa shape index (κ2) is 10.2. The van der Waals surface area contributed by atoms with Gasteiger partial charge in [0.1, 0.15) is 11.6 Å². The van der Waals surface area contributed by atoms with E-state index in [1.165, 1.54) is 36.4 Å². The summed E-state index contributed by atoms with van der Waals surface area (Å²) in [6, 6.07) is 20.2. The predicted octanol–water partition coefficient (Wildman–Crippen LogP) is 4.73. The van der Waals surface area contributed by atoms with Crippen molar-refractivity contribution in [2.75, 3.05) is 12.4 Å². The first kappa shape index (κ1) is 22.3. The molecule has 0 N–H and O–H groups in total. The molecule has 4 rings (SSSR count). The number of ether oxygens (including phenoxy) is 1. The average molecular weight is 465 g/mol. The third-order valence-corrected chi connectivity index (χ3v) is 5.50. The fraction of sp³-hybridized carbons (Fsp3) is 0.0833. The monoisotopic (exact) mass is 465 g/mol. The van der Waals surface area contributed by atoms with Gasteiger partial charge in [-0.05, 0) is 60.7 Å². The molecule has 6 nitrogen and oxygen atoms in total. The Hall–Kier alpha value is -3.85. The van der Waals surface area contributed by atoms with Crippen molar-refractivity contribution in [1.82, 2.24) is 14.8 Å². The van der Waals surface area contributed by atoms with Crippen LogP contribution in [0, 0.1) is 11.6 Å². The Kier molecular flexibility index (Phi) is 6.89. The van der Waals surface area contributed by atoms with E-state index in [2.05, 4.69) is 10.2 Å². The summed E-state index contributed by atoms with van der Waals surface area (Å²) in [5, 5.41) is 8.84. The molecule has 0 bridgehead atoms. The molecule has 0 amide bonds. The lowest BCUT2D eigenvalue weighted by Gasteiger charge is -2.10. The number of thioether (sulfide) groups is 1. The van der Waals surface area contributed by atoms with Crippen molar-refractivity contribution >= 4 is 23.5 Å². The lowest BCUT2D eigenvalue weighted by atomic mass is 10.1. The zero-order chi connectivity index (χ0) is 23.2. The van der Waals surface area contributed by atoms with E-state index in [0.29, 0.717) is 16.5 Å². The summed E-state index contributed by atoms with van der Waals surface area (Å²) in [5.74, 6) is -1.48. The Morgan fingerprint density at radius 3 is 2.15 bits per heavy atom. The first-order chi connectivity index (χ1) is 16.0. The molecule has 33 heavy (non-hydrogen) atoms. The minimum atomic E-state index is -0.610. The third-order valence-electron chi connectivity index (χ3n) is 4.60. The fourth-order valence-electron chi connectivity index (χ4n) is 2.99. The molecule has 0 saturated heterocycles. The summed E-state index contributed by atoms with van der Waals surface area (Å²) >= 11 is 1.10. The molecular formula is C24H17F2N3O3S. The molecule has 1 heterocycles. The second-order valence-electron chi connectivity index (χ2n) is 6.86. The highest BCUT2D eigenvalue weighted by Gasteiger charge is 2.18. The number of aromatic nitrogens is 3. The lowest BCUT2D eigenvalue weighted by molar-refractivity contribution is -0.139. The van der Waals surface area contributed by atoms with E-state index in [1.54, 1.807) is 16.7 Å². The molecule has 9 heteroatoms. The smallest absolute Gasteiger partial charge is 0.316 e. The average Bonchev–Trinajstić information content (AvgIpc) is 3.26. The first-order valence-corrected chi connectivity index (χ1v) is 10.8. The van der Waals surface area contributed by atoms with Crippen LogP contribution in [0.5, 0.6) is 0 Å². The number of para-hydroxylation sites is 1. The summed E-state index contributed by atoms with van der Waals surface area (Å²) in [6.45, 7) is -0.447. The highest BCUT2D eigenvalue weighted by molar-refractivity contribution is 7.99. The van der Waals surface area contributed by atoms with Crippen LogP contribution >= 0.6 is 11.8 Å². The van der Waals surface area contributed by atoms with E-state index in [1.807, 2.05) is 30.3 Å². The van der Waals surface area contributed by atoms with Gasteiger partial charge in [-0.2, -0.15) is 0 Å². The quantitative estimate of drug-likeness (QED) is 0.213. The molecule has 0 fully saturated rings. The Balaban J connectivity index is 1.46. The van der Waals surface area contributed by atoms with Gasteiger partial charge in [-0.1, -0.05) is 30.0 Å². The van der Waals surface area contributed by atoms with Gasteiger partial charge in [0.05, 0.1) is 5.75 Å². The number of ketones is 1. The molecule has 3 aromatic carbocycles. The third kappa shape index (κ3) is 5.50. The first-order valence-electron chi connectivity index (χ1n) is 9.85. The van der Waals surface area contributed by atoms with Gasteiger partial charge in [-0.15, -0.1) is 10.2 Å². The van der Waals surface area contributed by atoms with Gasteiger partial charge >= 0.3 is 5.97 Å². The van der Waals surface area contributed by atoms with E-state index >= 15 is 0 Å². The fourth-order valence-corrected chi connectivity index (χ4v) is 3.74. The number of halogens is 2. The Bertz CT molecular complexity index is 1260. The van der Waals surface area contributed by atoms with Gasteiger partial charge in [0.2, 0.25) is 0 Å². The number of carbonyl (C=O) groups excluding carboxylic acids is 2. The normalized spacial score (nSPS) is 10.7. The minimum absolute atomic E-state index is 0.106. The van der Waals surface area contributed by atoms with E-state index < -0.39 is 24.2 Å². The number of nitrogens with zero attached hydrogens (tertiary/aromatic N) is 3.